The van der Waals surface area contributed by atoms with E-state index in [9.17, 15) is 13.2 Å². The van der Waals surface area contributed by atoms with Gasteiger partial charge in [0.2, 0.25) is 0 Å². The van der Waals surface area contributed by atoms with Crippen LogP contribution in [0.5, 0.6) is 0 Å². The normalized spacial score (nSPS) is 12.1. The SMILES string of the molecule is C=C/C(=C\N(C)C)c1cnc2ccc3ccc(NS(=O)(=O)NCc4cnn(C)c4)cc3c(=O)c2c1. The fourth-order valence-corrected chi connectivity index (χ4v) is 4.55. The quantitative estimate of drug-likeness (QED) is 0.368. The van der Waals surface area contributed by atoms with Crippen LogP contribution in [0.3, 0.4) is 0 Å². The lowest BCUT2D eigenvalue weighted by molar-refractivity contribution is 0.566. The maximum Gasteiger partial charge on any atom is 0.299 e. The number of nitrogens with one attached hydrogen (secondary N) is 2. The van der Waals surface area contributed by atoms with E-state index in [1.807, 2.05) is 25.2 Å². The third kappa shape index (κ3) is 5.56. The number of benzene rings is 1. The van der Waals surface area contributed by atoms with Gasteiger partial charge in [-0.15, -0.1) is 0 Å². The molecular weight excluding hydrogens is 464 g/mol. The van der Waals surface area contributed by atoms with Crippen molar-refractivity contribution < 1.29 is 8.42 Å². The highest BCUT2D eigenvalue weighted by Gasteiger charge is 2.12. The molecule has 0 aliphatic rings. The van der Waals surface area contributed by atoms with E-state index in [2.05, 4.69) is 26.1 Å². The molecule has 0 aliphatic carbocycles. The van der Waals surface area contributed by atoms with Gasteiger partial charge in [-0.2, -0.15) is 18.2 Å². The molecule has 4 aromatic rings. The summed E-state index contributed by atoms with van der Waals surface area (Å²) in [4.78, 5) is 19.9. The van der Waals surface area contributed by atoms with Crippen molar-refractivity contribution in [1.29, 1.82) is 0 Å². The maximum atomic E-state index is 13.5. The predicted molar refractivity (Wildman–Crippen MR) is 140 cm³/mol. The van der Waals surface area contributed by atoms with Gasteiger partial charge in [0.05, 0.1) is 17.4 Å². The molecular formula is C25H26N6O3S. The van der Waals surface area contributed by atoms with E-state index >= 15 is 0 Å². The highest BCUT2D eigenvalue weighted by atomic mass is 32.2. The Bertz CT molecular complexity index is 1620. The van der Waals surface area contributed by atoms with E-state index < -0.39 is 10.2 Å². The summed E-state index contributed by atoms with van der Waals surface area (Å²) in [6, 6.07) is 10.2. The molecule has 0 fully saturated rings. The van der Waals surface area contributed by atoms with Crippen molar-refractivity contribution in [3.05, 3.63) is 95.2 Å². The average molecular weight is 491 g/mol. The summed E-state index contributed by atoms with van der Waals surface area (Å²) in [5.74, 6) is 0. The fourth-order valence-electron chi connectivity index (χ4n) is 3.68. The molecule has 0 bridgehead atoms. The van der Waals surface area contributed by atoms with Crippen LogP contribution in [-0.4, -0.2) is 42.2 Å². The topological polar surface area (TPSA) is 109 Å². The molecule has 10 heteroatoms. The van der Waals surface area contributed by atoms with E-state index in [1.54, 1.807) is 66.7 Å². The minimum Gasteiger partial charge on any atom is -0.383 e. The van der Waals surface area contributed by atoms with Gasteiger partial charge in [-0.1, -0.05) is 24.8 Å². The molecule has 2 N–H and O–H groups in total. The standard InChI is InChI=1S/C25H26N6O3S/c1-5-18(16-30(2)3)20-10-23-24(26-14-20)9-7-19-6-8-21(11-22(19)25(23)32)29-35(33,34)28-13-17-12-27-31(4)15-17/h5-12,14-16,28-29H,1,13H2,2-4H3/b18-16+. The largest absolute Gasteiger partial charge is 0.383 e. The first-order chi connectivity index (χ1) is 16.6. The molecule has 2 heterocycles. The monoisotopic (exact) mass is 490 g/mol. The summed E-state index contributed by atoms with van der Waals surface area (Å²) in [5, 5.41) is 5.50. The Kier molecular flexibility index (Phi) is 6.68. The van der Waals surface area contributed by atoms with E-state index in [0.29, 0.717) is 21.7 Å². The predicted octanol–water partition coefficient (Wildman–Crippen LogP) is 3.02. The minimum absolute atomic E-state index is 0.0870. The van der Waals surface area contributed by atoms with Gasteiger partial charge in [0, 0.05) is 68.2 Å². The van der Waals surface area contributed by atoms with Crippen LogP contribution in [0.15, 0.2) is 78.6 Å². The van der Waals surface area contributed by atoms with Gasteiger partial charge < -0.3 is 4.90 Å². The number of pyridine rings is 1. The first-order valence-corrected chi connectivity index (χ1v) is 12.3. The second-order valence-electron chi connectivity index (χ2n) is 8.32. The summed E-state index contributed by atoms with van der Waals surface area (Å²) in [6.45, 7) is 3.95. The summed E-state index contributed by atoms with van der Waals surface area (Å²) in [7, 11) is 1.69. The Labute approximate surface area is 203 Å². The Hall–Kier alpha value is -4.02. The van der Waals surface area contributed by atoms with E-state index in [0.717, 1.165) is 16.7 Å². The van der Waals surface area contributed by atoms with Gasteiger partial charge in [0.1, 0.15) is 0 Å². The molecule has 2 aromatic heterocycles. The van der Waals surface area contributed by atoms with Crippen molar-refractivity contribution in [2.75, 3.05) is 18.8 Å². The number of fused-ring (bicyclic) bond motifs is 2. The van der Waals surface area contributed by atoms with Crippen molar-refractivity contribution >= 4 is 43.1 Å². The summed E-state index contributed by atoms with van der Waals surface area (Å²) in [6.07, 6.45) is 8.62. The third-order valence-corrected chi connectivity index (χ3v) is 6.34. The molecule has 0 aliphatic heterocycles. The molecule has 180 valence electrons. The van der Waals surface area contributed by atoms with Crippen LogP contribution in [0.2, 0.25) is 0 Å². The summed E-state index contributed by atoms with van der Waals surface area (Å²) in [5.41, 5.74) is 2.88. The summed E-state index contributed by atoms with van der Waals surface area (Å²) >= 11 is 0. The van der Waals surface area contributed by atoms with E-state index in [1.165, 1.54) is 6.07 Å². The van der Waals surface area contributed by atoms with Crippen molar-refractivity contribution in [3.8, 4) is 0 Å². The van der Waals surface area contributed by atoms with Gasteiger partial charge in [0.15, 0.2) is 5.43 Å². The highest BCUT2D eigenvalue weighted by molar-refractivity contribution is 7.90. The van der Waals surface area contributed by atoms with Crippen LogP contribution in [0.1, 0.15) is 11.1 Å². The average Bonchev–Trinajstić information content (AvgIpc) is 3.19. The number of allylic oxidation sites excluding steroid dienone is 2. The highest BCUT2D eigenvalue weighted by Crippen LogP contribution is 2.22. The zero-order valence-electron chi connectivity index (χ0n) is 19.7. The van der Waals surface area contributed by atoms with Gasteiger partial charge >= 0.3 is 0 Å². The molecule has 4 rings (SSSR count). The second kappa shape index (κ2) is 9.69. The van der Waals surface area contributed by atoms with Gasteiger partial charge in [-0.05, 0) is 35.2 Å². The van der Waals surface area contributed by atoms with E-state index in [4.69, 9.17) is 0 Å². The zero-order chi connectivity index (χ0) is 25.2. The fraction of sp³-hybridized carbons (Fsp3) is 0.160. The van der Waals surface area contributed by atoms with Crippen molar-refractivity contribution in [2.45, 2.75) is 6.54 Å². The molecule has 0 saturated heterocycles. The van der Waals surface area contributed by atoms with Crippen LogP contribution in [0.25, 0.3) is 27.2 Å². The number of aryl methyl sites for hydroxylation is 1. The third-order valence-electron chi connectivity index (χ3n) is 5.31. The lowest BCUT2D eigenvalue weighted by Gasteiger charge is -2.09. The molecule has 0 atom stereocenters. The molecule has 35 heavy (non-hydrogen) atoms. The number of anilines is 1. The molecule has 9 nitrogen and oxygen atoms in total. The van der Waals surface area contributed by atoms with Gasteiger partial charge in [-0.25, -0.2) is 0 Å². The Morgan fingerprint density at radius 3 is 2.60 bits per heavy atom. The lowest BCUT2D eigenvalue weighted by Crippen LogP contribution is -2.29. The van der Waals surface area contributed by atoms with Gasteiger partial charge in [0.25, 0.3) is 10.2 Å². The Morgan fingerprint density at radius 1 is 1.14 bits per heavy atom. The van der Waals surface area contributed by atoms with Crippen LogP contribution < -0.4 is 14.9 Å². The molecule has 0 saturated carbocycles. The van der Waals surface area contributed by atoms with Crippen molar-refractivity contribution in [1.82, 2.24) is 24.4 Å². The number of nitrogens with zero attached hydrogens (tertiary/aromatic N) is 4. The molecule has 0 amide bonds. The van der Waals surface area contributed by atoms with Crippen LogP contribution in [0, 0.1) is 0 Å². The van der Waals surface area contributed by atoms with E-state index in [-0.39, 0.29) is 17.7 Å². The maximum absolute atomic E-state index is 13.5. The first-order valence-electron chi connectivity index (χ1n) is 10.8. The molecule has 0 unspecified atom stereocenters. The molecule has 0 spiro atoms. The van der Waals surface area contributed by atoms with Crippen LogP contribution in [0.4, 0.5) is 5.69 Å². The van der Waals surface area contributed by atoms with Crippen LogP contribution in [-0.2, 0) is 23.8 Å². The molecule has 0 radical (unpaired) electrons. The smallest absolute Gasteiger partial charge is 0.299 e. The number of hydrogen-bond acceptors (Lipinski definition) is 6. The number of aromatic nitrogens is 3. The number of rotatable bonds is 8. The number of hydrogen-bond donors (Lipinski definition) is 2. The van der Waals surface area contributed by atoms with Gasteiger partial charge in [-0.3, -0.25) is 19.2 Å². The lowest BCUT2D eigenvalue weighted by atomic mass is 10.1. The zero-order valence-corrected chi connectivity index (χ0v) is 20.5. The van der Waals surface area contributed by atoms with Crippen molar-refractivity contribution in [3.63, 3.8) is 0 Å². The summed E-state index contributed by atoms with van der Waals surface area (Å²) < 4.78 is 31.7. The molecule has 2 aromatic carbocycles. The minimum atomic E-state index is -3.87. The second-order valence-corrected chi connectivity index (χ2v) is 9.82. The Balaban J connectivity index is 1.72. The van der Waals surface area contributed by atoms with Crippen LogP contribution >= 0.6 is 0 Å². The van der Waals surface area contributed by atoms with Crippen molar-refractivity contribution in [2.24, 2.45) is 7.05 Å². The Morgan fingerprint density at radius 2 is 1.91 bits per heavy atom. The first kappa shape index (κ1) is 24.1.